The van der Waals surface area contributed by atoms with Crippen molar-refractivity contribution in [2.75, 3.05) is 0 Å². The van der Waals surface area contributed by atoms with Gasteiger partial charge in [-0.25, -0.2) is 4.39 Å². The van der Waals surface area contributed by atoms with Crippen molar-refractivity contribution in [3.63, 3.8) is 0 Å². The van der Waals surface area contributed by atoms with Gasteiger partial charge in [-0.05, 0) is 30.3 Å². The van der Waals surface area contributed by atoms with E-state index in [1.165, 1.54) is 22.7 Å². The predicted octanol–water partition coefficient (Wildman–Crippen LogP) is 3.92. The zero-order chi connectivity index (χ0) is 17.6. The second kappa shape index (κ2) is 6.33. The molecule has 0 fully saturated rings. The van der Waals surface area contributed by atoms with Crippen LogP contribution in [-0.4, -0.2) is 14.6 Å². The van der Waals surface area contributed by atoms with E-state index in [1.807, 2.05) is 24.3 Å². The molecule has 0 unspecified atom stereocenters. The summed E-state index contributed by atoms with van der Waals surface area (Å²) in [6, 6.07) is 11.9. The summed E-state index contributed by atoms with van der Waals surface area (Å²) in [5.74, 6) is -0.0206. The Bertz CT molecular complexity index is 1180. The lowest BCUT2D eigenvalue weighted by Gasteiger charge is -1.97. The zero-order valence-electron chi connectivity index (χ0n) is 12.4. The molecule has 8 heteroatoms. The van der Waals surface area contributed by atoms with Crippen LogP contribution in [0.15, 0.2) is 51.7 Å². The van der Waals surface area contributed by atoms with Gasteiger partial charge in [0.2, 0.25) is 4.96 Å². The minimum atomic E-state index is -0.485. The molecular weight excluding hydrogens is 429 g/mol. The molecule has 0 bridgehead atoms. The molecule has 0 saturated heterocycles. The molecule has 25 heavy (non-hydrogen) atoms. The highest BCUT2D eigenvalue weighted by atomic mass is 79.9. The van der Waals surface area contributed by atoms with Crippen molar-refractivity contribution < 1.29 is 4.39 Å². The number of aromatic nitrogens is 3. The monoisotopic (exact) mass is 435 g/mol. The molecular formula is C17H8BrClFN3OS. The quantitative estimate of drug-likeness (QED) is 0.478. The Morgan fingerprint density at radius 3 is 2.64 bits per heavy atom. The third-order valence-corrected chi connectivity index (χ3v) is 5.38. The van der Waals surface area contributed by atoms with Crippen LogP contribution >= 0.6 is 38.9 Å². The summed E-state index contributed by atoms with van der Waals surface area (Å²) in [5, 5.41) is 4.51. The van der Waals surface area contributed by atoms with Gasteiger partial charge in [-0.3, -0.25) is 4.79 Å². The van der Waals surface area contributed by atoms with Crippen molar-refractivity contribution in [1.82, 2.24) is 14.6 Å². The number of thiazole rings is 1. The van der Waals surface area contributed by atoms with Gasteiger partial charge in [0.15, 0.2) is 5.82 Å². The maximum Gasteiger partial charge on any atom is 0.291 e. The lowest BCUT2D eigenvalue weighted by Crippen LogP contribution is -2.23. The Hall–Kier alpha value is -2.09. The Labute approximate surface area is 158 Å². The largest absolute Gasteiger partial charge is 0.291 e. The van der Waals surface area contributed by atoms with E-state index in [-0.39, 0.29) is 16.1 Å². The smallest absolute Gasteiger partial charge is 0.266 e. The average molecular weight is 437 g/mol. The van der Waals surface area contributed by atoms with Gasteiger partial charge < -0.3 is 0 Å². The number of hydrogen-bond donors (Lipinski definition) is 0. The van der Waals surface area contributed by atoms with E-state index >= 15 is 0 Å². The molecule has 4 rings (SSSR count). The molecule has 0 N–H and O–H groups in total. The lowest BCUT2D eigenvalue weighted by molar-refractivity contribution is 0.625. The fraction of sp³-hybridized carbons (Fsp3) is 0. The van der Waals surface area contributed by atoms with Crippen LogP contribution < -0.4 is 10.1 Å². The number of halogens is 3. The maximum absolute atomic E-state index is 13.9. The third-order valence-electron chi connectivity index (χ3n) is 3.56. The van der Waals surface area contributed by atoms with E-state index in [2.05, 4.69) is 26.0 Å². The van der Waals surface area contributed by atoms with E-state index in [4.69, 9.17) is 11.6 Å². The molecule has 0 aliphatic rings. The SMILES string of the molecule is O=c1c(=Cc2c(F)cccc2Cl)sc2nc(-c3ccc(Br)cc3)nn12. The Kier molecular flexibility index (Phi) is 4.15. The topological polar surface area (TPSA) is 47.3 Å². The van der Waals surface area contributed by atoms with Gasteiger partial charge in [0.25, 0.3) is 5.56 Å². The van der Waals surface area contributed by atoms with Gasteiger partial charge in [-0.1, -0.05) is 57.1 Å². The molecule has 124 valence electrons. The van der Waals surface area contributed by atoms with Gasteiger partial charge in [0, 0.05) is 15.6 Å². The molecule has 2 aromatic heterocycles. The molecule has 0 aliphatic carbocycles. The van der Waals surface area contributed by atoms with Gasteiger partial charge in [-0.15, -0.1) is 5.10 Å². The molecule has 0 amide bonds. The summed E-state index contributed by atoms with van der Waals surface area (Å²) in [6.07, 6.45) is 1.43. The first-order chi connectivity index (χ1) is 12.0. The molecule has 0 atom stereocenters. The van der Waals surface area contributed by atoms with E-state index in [1.54, 1.807) is 6.07 Å². The number of benzene rings is 2. The first-order valence-electron chi connectivity index (χ1n) is 7.14. The Balaban J connectivity index is 1.85. The lowest BCUT2D eigenvalue weighted by atomic mass is 10.2. The van der Waals surface area contributed by atoms with Crippen LogP contribution in [0.25, 0.3) is 22.4 Å². The molecule has 0 aliphatic heterocycles. The standard InChI is InChI=1S/C17H8BrClFN3OS/c18-10-6-4-9(5-7-10)15-21-17-23(22-15)16(24)14(25-17)8-11-12(19)2-1-3-13(11)20/h1-8H. The fourth-order valence-corrected chi connectivity index (χ4v) is 3.71. The van der Waals surface area contributed by atoms with Gasteiger partial charge in [0.05, 0.1) is 9.55 Å². The summed E-state index contributed by atoms with van der Waals surface area (Å²) < 4.78 is 16.4. The summed E-state index contributed by atoms with van der Waals surface area (Å²) in [5.41, 5.74) is 0.635. The number of nitrogens with zero attached hydrogens (tertiary/aromatic N) is 3. The van der Waals surface area contributed by atoms with E-state index in [9.17, 15) is 9.18 Å². The second-order valence-corrected chi connectivity index (χ2v) is 7.52. The molecule has 2 heterocycles. The van der Waals surface area contributed by atoms with Crippen molar-refractivity contribution in [1.29, 1.82) is 0 Å². The summed E-state index contributed by atoms with van der Waals surface area (Å²) in [7, 11) is 0. The molecule has 0 radical (unpaired) electrons. The van der Waals surface area contributed by atoms with Crippen molar-refractivity contribution in [2.24, 2.45) is 0 Å². The summed E-state index contributed by atoms with van der Waals surface area (Å²) in [4.78, 5) is 17.4. The molecule has 4 nitrogen and oxygen atoms in total. The van der Waals surface area contributed by atoms with E-state index in [0.717, 1.165) is 21.4 Å². The van der Waals surface area contributed by atoms with Gasteiger partial charge in [0.1, 0.15) is 5.82 Å². The minimum absolute atomic E-state index is 0.180. The normalized spacial score (nSPS) is 12.2. The first kappa shape index (κ1) is 16.4. The molecule has 0 saturated carbocycles. The number of rotatable bonds is 2. The highest BCUT2D eigenvalue weighted by molar-refractivity contribution is 9.10. The van der Waals surface area contributed by atoms with Gasteiger partial charge in [-0.2, -0.15) is 9.50 Å². The Morgan fingerprint density at radius 2 is 1.96 bits per heavy atom. The van der Waals surface area contributed by atoms with Crippen LogP contribution in [0.4, 0.5) is 4.39 Å². The number of hydrogen-bond acceptors (Lipinski definition) is 4. The van der Waals surface area contributed by atoms with Crippen LogP contribution in [0.5, 0.6) is 0 Å². The minimum Gasteiger partial charge on any atom is -0.266 e. The van der Waals surface area contributed by atoms with Crippen molar-refractivity contribution in [3.8, 4) is 11.4 Å². The maximum atomic E-state index is 13.9. The van der Waals surface area contributed by atoms with E-state index in [0.29, 0.717) is 15.3 Å². The zero-order valence-corrected chi connectivity index (χ0v) is 15.6. The molecule has 2 aromatic carbocycles. The van der Waals surface area contributed by atoms with Crippen LogP contribution in [0.3, 0.4) is 0 Å². The molecule has 0 spiro atoms. The summed E-state index contributed by atoms with van der Waals surface area (Å²) in [6.45, 7) is 0. The van der Waals surface area contributed by atoms with Crippen molar-refractivity contribution >= 4 is 49.9 Å². The Morgan fingerprint density at radius 1 is 1.20 bits per heavy atom. The van der Waals surface area contributed by atoms with Crippen molar-refractivity contribution in [2.45, 2.75) is 0 Å². The summed E-state index contributed by atoms with van der Waals surface area (Å²) >= 11 is 10.5. The predicted molar refractivity (Wildman–Crippen MR) is 100 cm³/mol. The van der Waals surface area contributed by atoms with Crippen LogP contribution in [-0.2, 0) is 0 Å². The van der Waals surface area contributed by atoms with Crippen molar-refractivity contribution in [3.05, 3.63) is 78.2 Å². The molecule has 4 aromatic rings. The fourth-order valence-electron chi connectivity index (χ4n) is 2.33. The van der Waals surface area contributed by atoms with E-state index < -0.39 is 5.82 Å². The second-order valence-electron chi connectivity index (χ2n) is 5.19. The van der Waals surface area contributed by atoms with Crippen LogP contribution in [0.2, 0.25) is 5.02 Å². The first-order valence-corrected chi connectivity index (χ1v) is 9.13. The van der Waals surface area contributed by atoms with Gasteiger partial charge >= 0.3 is 0 Å². The van der Waals surface area contributed by atoms with Crippen LogP contribution in [0.1, 0.15) is 5.56 Å². The average Bonchev–Trinajstić information content (AvgIpc) is 3.12. The number of fused-ring (bicyclic) bond motifs is 1. The highest BCUT2D eigenvalue weighted by Crippen LogP contribution is 2.21. The highest BCUT2D eigenvalue weighted by Gasteiger charge is 2.13. The van der Waals surface area contributed by atoms with Crippen LogP contribution in [0, 0.1) is 5.82 Å². The third kappa shape index (κ3) is 2.99.